The van der Waals surface area contributed by atoms with Gasteiger partial charge in [0.15, 0.2) is 0 Å². The molecule has 188 valence electrons. The molecule has 0 rings (SSSR count). The summed E-state index contributed by atoms with van der Waals surface area (Å²) >= 11 is 0. The predicted molar refractivity (Wildman–Crippen MR) is 137 cm³/mol. The summed E-state index contributed by atoms with van der Waals surface area (Å²) in [5.74, 6) is 1.79. The highest BCUT2D eigenvalue weighted by molar-refractivity contribution is 5.16. The second-order valence-electron chi connectivity index (χ2n) is 10.8. The van der Waals surface area contributed by atoms with Crippen LogP contribution in [0.1, 0.15) is 75.2 Å². The lowest BCUT2D eigenvalue weighted by molar-refractivity contribution is -0.0956. The van der Waals surface area contributed by atoms with Gasteiger partial charge in [-0.3, -0.25) is 0 Å². The van der Waals surface area contributed by atoms with Gasteiger partial charge in [0.05, 0.1) is 32.0 Å². The van der Waals surface area contributed by atoms with Gasteiger partial charge < -0.3 is 18.9 Å². The van der Waals surface area contributed by atoms with Gasteiger partial charge in [-0.25, -0.2) is 0 Å². The normalized spacial score (nSPS) is 16.4. The summed E-state index contributed by atoms with van der Waals surface area (Å²) in [6.07, 6.45) is 9.83. The highest BCUT2D eigenvalue weighted by atomic mass is 16.5. The SMILES string of the molecule is C=C/C=C(\C=C/C)OCCOC(CC(C)C)C(C)(C)C(C)CC(OCCOC)C(C)(C)C. The van der Waals surface area contributed by atoms with Crippen molar-refractivity contribution >= 4 is 0 Å². The zero-order valence-corrected chi connectivity index (χ0v) is 22.7. The van der Waals surface area contributed by atoms with Gasteiger partial charge in [-0.2, -0.15) is 0 Å². The molecule has 0 fully saturated rings. The number of rotatable bonds is 17. The summed E-state index contributed by atoms with van der Waals surface area (Å²) in [6, 6.07) is 0. The number of ether oxygens (including phenoxy) is 4. The molecule has 3 atom stereocenters. The quantitative estimate of drug-likeness (QED) is 0.133. The van der Waals surface area contributed by atoms with Crippen LogP contribution in [0.5, 0.6) is 0 Å². The van der Waals surface area contributed by atoms with Crippen LogP contribution in [-0.2, 0) is 18.9 Å². The van der Waals surface area contributed by atoms with Crippen LogP contribution in [0.15, 0.2) is 36.6 Å². The third-order valence-electron chi connectivity index (χ3n) is 6.21. The fraction of sp³-hybridized carbons (Fsp3) is 0.786. The first-order valence-electron chi connectivity index (χ1n) is 12.2. The molecule has 0 N–H and O–H groups in total. The summed E-state index contributed by atoms with van der Waals surface area (Å²) in [7, 11) is 1.72. The monoisotopic (exact) mass is 452 g/mol. The van der Waals surface area contributed by atoms with Crippen molar-refractivity contribution in [2.24, 2.45) is 22.7 Å². The van der Waals surface area contributed by atoms with Gasteiger partial charge >= 0.3 is 0 Å². The summed E-state index contributed by atoms with van der Waals surface area (Å²) < 4.78 is 23.7. The highest BCUT2D eigenvalue weighted by Crippen LogP contribution is 2.41. The Morgan fingerprint density at radius 3 is 1.97 bits per heavy atom. The van der Waals surface area contributed by atoms with Crippen LogP contribution < -0.4 is 0 Å². The van der Waals surface area contributed by atoms with E-state index in [1.165, 1.54) is 0 Å². The van der Waals surface area contributed by atoms with Crippen molar-refractivity contribution in [3.63, 3.8) is 0 Å². The molecule has 32 heavy (non-hydrogen) atoms. The zero-order chi connectivity index (χ0) is 24.8. The van der Waals surface area contributed by atoms with E-state index in [9.17, 15) is 0 Å². The molecule has 4 nitrogen and oxygen atoms in total. The van der Waals surface area contributed by atoms with Crippen LogP contribution in [0.25, 0.3) is 0 Å². The van der Waals surface area contributed by atoms with Crippen molar-refractivity contribution in [1.82, 2.24) is 0 Å². The van der Waals surface area contributed by atoms with E-state index in [0.717, 1.165) is 18.6 Å². The maximum absolute atomic E-state index is 6.45. The molecular formula is C28H52O4. The van der Waals surface area contributed by atoms with Crippen molar-refractivity contribution < 1.29 is 18.9 Å². The third-order valence-corrected chi connectivity index (χ3v) is 6.21. The van der Waals surface area contributed by atoms with Crippen LogP contribution in [0, 0.1) is 22.7 Å². The van der Waals surface area contributed by atoms with E-state index in [1.807, 2.05) is 25.2 Å². The number of allylic oxidation sites excluding steroid dienone is 4. The minimum atomic E-state index is 0.00148. The maximum Gasteiger partial charge on any atom is 0.119 e. The predicted octanol–water partition coefficient (Wildman–Crippen LogP) is 7.21. The first kappa shape index (κ1) is 30.9. The average molecular weight is 453 g/mol. The van der Waals surface area contributed by atoms with Gasteiger partial charge in [0.25, 0.3) is 0 Å². The number of hydrogen-bond donors (Lipinski definition) is 0. The lowest BCUT2D eigenvalue weighted by Gasteiger charge is -2.43. The van der Waals surface area contributed by atoms with Crippen LogP contribution in [-0.4, -0.2) is 45.7 Å². The van der Waals surface area contributed by atoms with Crippen LogP contribution in [0.4, 0.5) is 0 Å². The Morgan fingerprint density at radius 1 is 0.875 bits per heavy atom. The Morgan fingerprint density at radius 2 is 1.47 bits per heavy atom. The zero-order valence-electron chi connectivity index (χ0n) is 22.7. The Kier molecular flexibility index (Phi) is 15.1. The Hall–Kier alpha value is -1.10. The molecule has 0 aliphatic carbocycles. The average Bonchev–Trinajstić information content (AvgIpc) is 2.68. The van der Waals surface area contributed by atoms with Gasteiger partial charge in [-0.1, -0.05) is 74.1 Å². The van der Waals surface area contributed by atoms with Crippen molar-refractivity contribution in [2.45, 2.75) is 87.4 Å². The summed E-state index contributed by atoms with van der Waals surface area (Å²) in [4.78, 5) is 0. The Labute approximate surface area is 199 Å². The molecule has 0 bridgehead atoms. The van der Waals surface area contributed by atoms with E-state index in [2.05, 4.69) is 62.0 Å². The molecule has 0 radical (unpaired) electrons. The van der Waals surface area contributed by atoms with E-state index in [4.69, 9.17) is 18.9 Å². The van der Waals surface area contributed by atoms with E-state index in [1.54, 1.807) is 13.2 Å². The van der Waals surface area contributed by atoms with Crippen molar-refractivity contribution in [3.05, 3.63) is 36.6 Å². The molecule has 0 aromatic carbocycles. The minimum Gasteiger partial charge on any atom is -0.491 e. The van der Waals surface area contributed by atoms with Crippen molar-refractivity contribution in [1.29, 1.82) is 0 Å². The summed E-state index contributed by atoms with van der Waals surface area (Å²) in [6.45, 7) is 26.3. The highest BCUT2D eigenvalue weighted by Gasteiger charge is 2.39. The Balaban J connectivity index is 5.19. The fourth-order valence-electron chi connectivity index (χ4n) is 3.68. The first-order valence-corrected chi connectivity index (χ1v) is 12.2. The standard InChI is InChI=1S/C28H52O4/c1-12-14-24(15-13-2)30-18-19-32-26(20-22(3)4)28(9,10)23(5)21-25(27(6,7)8)31-17-16-29-11/h12-15,22-23,25-26H,1,16-21H2,2-11H3/b15-13-,24-14+. The maximum atomic E-state index is 6.45. The number of methoxy groups -OCH3 is 1. The molecule has 0 aromatic heterocycles. The smallest absolute Gasteiger partial charge is 0.119 e. The summed E-state index contributed by atoms with van der Waals surface area (Å²) in [5, 5.41) is 0. The van der Waals surface area contributed by atoms with Gasteiger partial charge in [0, 0.05) is 7.11 Å². The fourth-order valence-corrected chi connectivity index (χ4v) is 3.68. The largest absolute Gasteiger partial charge is 0.491 e. The second kappa shape index (κ2) is 15.7. The number of hydrogen-bond acceptors (Lipinski definition) is 4. The lowest BCUT2D eigenvalue weighted by atomic mass is 9.69. The molecule has 0 aliphatic rings. The molecule has 0 saturated carbocycles. The van der Waals surface area contributed by atoms with Crippen LogP contribution in [0.2, 0.25) is 0 Å². The van der Waals surface area contributed by atoms with Crippen molar-refractivity contribution in [3.8, 4) is 0 Å². The molecule has 0 heterocycles. The van der Waals surface area contributed by atoms with Gasteiger partial charge in [-0.15, -0.1) is 0 Å². The molecular weight excluding hydrogens is 400 g/mol. The van der Waals surface area contributed by atoms with Gasteiger partial charge in [-0.05, 0) is 54.6 Å². The molecule has 0 amide bonds. The molecule has 0 aromatic rings. The van der Waals surface area contributed by atoms with Crippen LogP contribution >= 0.6 is 0 Å². The minimum absolute atomic E-state index is 0.00148. The van der Waals surface area contributed by atoms with Crippen molar-refractivity contribution in [2.75, 3.05) is 33.5 Å². The topological polar surface area (TPSA) is 36.9 Å². The van der Waals surface area contributed by atoms with Crippen LogP contribution in [0.3, 0.4) is 0 Å². The van der Waals surface area contributed by atoms with Gasteiger partial charge in [0.2, 0.25) is 0 Å². The van der Waals surface area contributed by atoms with Gasteiger partial charge in [0.1, 0.15) is 12.4 Å². The molecule has 0 saturated heterocycles. The van der Waals surface area contributed by atoms with E-state index in [-0.39, 0.29) is 23.0 Å². The lowest BCUT2D eigenvalue weighted by Crippen LogP contribution is -2.42. The molecule has 0 spiro atoms. The second-order valence-corrected chi connectivity index (χ2v) is 10.8. The van der Waals surface area contributed by atoms with E-state index >= 15 is 0 Å². The Bertz CT molecular complexity index is 554. The third kappa shape index (κ3) is 12.2. The molecule has 3 unspecified atom stereocenters. The summed E-state index contributed by atoms with van der Waals surface area (Å²) in [5.41, 5.74) is 0.0719. The van der Waals surface area contributed by atoms with E-state index < -0.39 is 0 Å². The molecule has 0 aliphatic heterocycles. The first-order chi connectivity index (χ1) is 14.9. The molecule has 4 heteroatoms. The van der Waals surface area contributed by atoms with E-state index in [0.29, 0.717) is 38.3 Å².